The minimum absolute atomic E-state index is 0.617. The van der Waals surface area contributed by atoms with Crippen molar-refractivity contribution in [1.82, 2.24) is 20.0 Å². The molecule has 5 heteroatoms. The third-order valence-corrected chi connectivity index (χ3v) is 3.41. The molecule has 1 rings (SSSR count). The normalized spacial score (nSPS) is 13.3. The predicted octanol–water partition coefficient (Wildman–Crippen LogP) is 1.61. The molecule has 1 N–H and O–H groups in total. The lowest BCUT2D eigenvalue weighted by Gasteiger charge is -2.15. The van der Waals surface area contributed by atoms with E-state index in [4.69, 9.17) is 0 Å². The molecule has 98 valence electrons. The van der Waals surface area contributed by atoms with Gasteiger partial charge in [0.15, 0.2) is 0 Å². The fraction of sp³-hybridized carbons (Fsp3) is 0.750. The van der Waals surface area contributed by atoms with Gasteiger partial charge in [-0.05, 0) is 56.0 Å². The molecule has 17 heavy (non-hydrogen) atoms. The highest BCUT2D eigenvalue weighted by Crippen LogP contribution is 2.19. The molecule has 0 fully saturated rings. The van der Waals surface area contributed by atoms with Gasteiger partial charge in [0.2, 0.25) is 0 Å². The number of rotatable bonds is 7. The van der Waals surface area contributed by atoms with Crippen LogP contribution in [-0.2, 0) is 13.0 Å². The summed E-state index contributed by atoms with van der Waals surface area (Å²) in [7, 11) is 6.17. The van der Waals surface area contributed by atoms with Gasteiger partial charge in [0.25, 0.3) is 0 Å². The van der Waals surface area contributed by atoms with Crippen LogP contribution in [0.1, 0.15) is 12.6 Å². The van der Waals surface area contributed by atoms with E-state index in [1.807, 2.05) is 13.2 Å². The monoisotopic (exact) mass is 302 g/mol. The Kier molecular flexibility index (Phi) is 6.16. The number of likely N-dealkylation sites (N-methyl/N-ethyl adjacent to an activating group) is 1. The van der Waals surface area contributed by atoms with Crippen LogP contribution in [0.25, 0.3) is 0 Å². The summed E-state index contributed by atoms with van der Waals surface area (Å²) >= 11 is 3.59. The summed E-state index contributed by atoms with van der Waals surface area (Å²) in [4.78, 5) is 2.18. The maximum Gasteiger partial charge on any atom is 0.0635 e. The molecule has 1 aromatic heterocycles. The second-order valence-corrected chi connectivity index (χ2v) is 5.69. The smallest absolute Gasteiger partial charge is 0.0635 e. The van der Waals surface area contributed by atoms with Gasteiger partial charge in [-0.1, -0.05) is 6.92 Å². The van der Waals surface area contributed by atoms with Crippen LogP contribution in [0.5, 0.6) is 0 Å². The molecule has 0 radical (unpaired) electrons. The summed E-state index contributed by atoms with van der Waals surface area (Å²) in [5, 5.41) is 7.64. The molecule has 0 saturated heterocycles. The van der Waals surface area contributed by atoms with Gasteiger partial charge in [-0.25, -0.2) is 0 Å². The zero-order valence-electron chi connectivity index (χ0n) is 11.2. The lowest BCUT2D eigenvalue weighted by molar-refractivity contribution is 0.366. The summed E-state index contributed by atoms with van der Waals surface area (Å²) in [5.41, 5.74) is 1.30. The molecule has 1 aromatic rings. The highest BCUT2D eigenvalue weighted by molar-refractivity contribution is 9.10. The molecule has 0 aromatic carbocycles. The van der Waals surface area contributed by atoms with Gasteiger partial charge >= 0.3 is 0 Å². The Bertz CT molecular complexity index is 335. The molecular weight excluding hydrogens is 280 g/mol. The molecule has 0 aliphatic heterocycles. The zero-order chi connectivity index (χ0) is 12.8. The topological polar surface area (TPSA) is 33.1 Å². The number of nitrogens with zero attached hydrogens (tertiary/aromatic N) is 3. The van der Waals surface area contributed by atoms with Crippen molar-refractivity contribution in [2.75, 3.05) is 34.2 Å². The molecule has 0 spiro atoms. The minimum atomic E-state index is 0.617. The lowest BCUT2D eigenvalue weighted by Crippen LogP contribution is -2.23. The van der Waals surface area contributed by atoms with Gasteiger partial charge in [-0.15, -0.1) is 0 Å². The molecule has 1 heterocycles. The van der Waals surface area contributed by atoms with Crippen molar-refractivity contribution in [3.05, 3.63) is 16.4 Å². The van der Waals surface area contributed by atoms with Crippen LogP contribution < -0.4 is 5.32 Å². The Balaban J connectivity index is 2.65. The summed E-state index contributed by atoms with van der Waals surface area (Å²) in [6.45, 7) is 5.25. The molecule has 1 unspecified atom stereocenters. The summed E-state index contributed by atoms with van der Waals surface area (Å²) in [6, 6.07) is 0. The van der Waals surface area contributed by atoms with Gasteiger partial charge < -0.3 is 10.2 Å². The van der Waals surface area contributed by atoms with Crippen molar-refractivity contribution in [3.8, 4) is 0 Å². The van der Waals surface area contributed by atoms with E-state index in [-0.39, 0.29) is 0 Å². The highest BCUT2D eigenvalue weighted by Gasteiger charge is 2.12. The van der Waals surface area contributed by atoms with Gasteiger partial charge in [-0.3, -0.25) is 4.68 Å². The van der Waals surface area contributed by atoms with Crippen molar-refractivity contribution >= 4 is 15.9 Å². The predicted molar refractivity (Wildman–Crippen MR) is 75.3 cm³/mol. The zero-order valence-corrected chi connectivity index (χ0v) is 12.8. The molecule has 0 bridgehead atoms. The number of aromatic nitrogens is 2. The fourth-order valence-corrected chi connectivity index (χ4v) is 2.29. The third-order valence-electron chi connectivity index (χ3n) is 2.75. The Morgan fingerprint density at radius 2 is 2.24 bits per heavy atom. The van der Waals surface area contributed by atoms with Crippen LogP contribution in [-0.4, -0.2) is 48.9 Å². The molecule has 0 saturated carbocycles. The quantitative estimate of drug-likeness (QED) is 0.831. The number of nitrogens with one attached hydrogen (secondary N) is 1. The van der Waals surface area contributed by atoms with Crippen molar-refractivity contribution in [2.45, 2.75) is 19.9 Å². The first-order valence-electron chi connectivity index (χ1n) is 6.04. The Hall–Kier alpha value is -0.390. The molecule has 0 amide bonds. The van der Waals surface area contributed by atoms with Crippen LogP contribution >= 0.6 is 15.9 Å². The first kappa shape index (κ1) is 14.7. The molecule has 1 atom stereocenters. The van der Waals surface area contributed by atoms with Crippen LogP contribution in [0.4, 0.5) is 0 Å². The maximum absolute atomic E-state index is 4.42. The first-order chi connectivity index (χ1) is 8.04. The fourth-order valence-electron chi connectivity index (χ4n) is 1.83. The average Bonchev–Trinajstić information content (AvgIpc) is 2.58. The van der Waals surface area contributed by atoms with Crippen molar-refractivity contribution < 1.29 is 0 Å². The van der Waals surface area contributed by atoms with Crippen LogP contribution in [0.15, 0.2) is 10.7 Å². The average molecular weight is 303 g/mol. The van der Waals surface area contributed by atoms with E-state index in [2.05, 4.69) is 56.9 Å². The van der Waals surface area contributed by atoms with Crippen molar-refractivity contribution in [2.24, 2.45) is 5.92 Å². The summed E-state index contributed by atoms with van der Waals surface area (Å²) in [6.07, 6.45) is 2.95. The Labute approximate surface area is 113 Å². The molecule has 4 nitrogen and oxygen atoms in total. The molecule has 0 aliphatic rings. The largest absolute Gasteiger partial charge is 0.319 e. The van der Waals surface area contributed by atoms with Crippen molar-refractivity contribution in [3.63, 3.8) is 0 Å². The van der Waals surface area contributed by atoms with E-state index in [1.54, 1.807) is 0 Å². The van der Waals surface area contributed by atoms with Crippen molar-refractivity contribution in [1.29, 1.82) is 0 Å². The third kappa shape index (κ3) is 4.77. The summed E-state index contributed by atoms with van der Waals surface area (Å²) in [5.74, 6) is 0.617. The van der Waals surface area contributed by atoms with E-state index < -0.39 is 0 Å². The standard InChI is InChI=1S/C12H23BrN4/c1-10(8-14-2)7-12-11(13)9-15-17(12)6-5-16(3)4/h9-10,14H,5-8H2,1-4H3. The lowest BCUT2D eigenvalue weighted by atomic mass is 10.1. The second-order valence-electron chi connectivity index (χ2n) is 4.83. The Morgan fingerprint density at radius 1 is 1.53 bits per heavy atom. The Morgan fingerprint density at radius 3 is 2.82 bits per heavy atom. The van der Waals surface area contributed by atoms with Gasteiger partial charge in [0.05, 0.1) is 22.9 Å². The molecule has 0 aliphatic carbocycles. The van der Waals surface area contributed by atoms with E-state index in [0.717, 1.165) is 30.5 Å². The van der Waals surface area contributed by atoms with Crippen LogP contribution in [0.2, 0.25) is 0 Å². The van der Waals surface area contributed by atoms with Gasteiger partial charge in [0.1, 0.15) is 0 Å². The summed E-state index contributed by atoms with van der Waals surface area (Å²) < 4.78 is 3.23. The number of hydrogen-bond donors (Lipinski definition) is 1. The van der Waals surface area contributed by atoms with E-state index >= 15 is 0 Å². The number of hydrogen-bond acceptors (Lipinski definition) is 3. The number of halogens is 1. The van der Waals surface area contributed by atoms with Crippen LogP contribution in [0, 0.1) is 5.92 Å². The molecular formula is C12H23BrN4. The van der Waals surface area contributed by atoms with Crippen LogP contribution in [0.3, 0.4) is 0 Å². The minimum Gasteiger partial charge on any atom is -0.319 e. The second kappa shape index (κ2) is 7.13. The first-order valence-corrected chi connectivity index (χ1v) is 6.83. The highest BCUT2D eigenvalue weighted by atomic mass is 79.9. The van der Waals surface area contributed by atoms with E-state index in [0.29, 0.717) is 5.92 Å². The SMILES string of the molecule is CNCC(C)Cc1c(Br)cnn1CCN(C)C. The van der Waals surface area contributed by atoms with Gasteiger partial charge in [0, 0.05) is 6.54 Å². The van der Waals surface area contributed by atoms with Gasteiger partial charge in [-0.2, -0.15) is 5.10 Å². The van der Waals surface area contributed by atoms with E-state index in [9.17, 15) is 0 Å². The maximum atomic E-state index is 4.42. The van der Waals surface area contributed by atoms with E-state index in [1.165, 1.54) is 5.69 Å².